The number of para-hydroxylation sites is 2. The zero-order valence-corrected chi connectivity index (χ0v) is 21.4. The smallest absolute Gasteiger partial charge is 0.126 e. The Morgan fingerprint density at radius 1 is 0.368 bits per heavy atom. The number of hydrogen-bond acceptors (Lipinski definition) is 2. The summed E-state index contributed by atoms with van der Waals surface area (Å²) in [5, 5.41) is 9.71. The Kier molecular flexibility index (Phi) is 5.26. The zero-order valence-electron chi connectivity index (χ0n) is 21.4. The van der Waals surface area contributed by atoms with Gasteiger partial charge in [-0.25, -0.2) is 0 Å². The Balaban J connectivity index is 1.76. The van der Waals surface area contributed by atoms with Crippen LogP contribution in [0.4, 0.5) is 0 Å². The van der Waals surface area contributed by atoms with Crippen molar-refractivity contribution in [3.05, 3.63) is 121 Å². The van der Waals surface area contributed by atoms with Crippen LogP contribution in [0.1, 0.15) is 0 Å². The molecule has 0 aliphatic rings. The van der Waals surface area contributed by atoms with Crippen molar-refractivity contribution < 1.29 is 9.47 Å². The van der Waals surface area contributed by atoms with E-state index in [1.165, 1.54) is 54.2 Å². The third-order valence-corrected chi connectivity index (χ3v) is 7.64. The molecule has 0 heterocycles. The van der Waals surface area contributed by atoms with Gasteiger partial charge in [0.25, 0.3) is 0 Å². The molecule has 7 aromatic rings. The van der Waals surface area contributed by atoms with Crippen LogP contribution in [-0.2, 0) is 0 Å². The SMILES string of the molecule is COc1ccccc1-c1c2ccccc2c(-c2ccccc2OC)c2cc3c(ccc4ccccc43)cc12. The maximum Gasteiger partial charge on any atom is 0.126 e. The molecule has 38 heavy (non-hydrogen) atoms. The standard InChI is InChI=1S/C36H26O2/c1-37-33-17-9-7-15-28(33)35-26-13-5-6-14-27(26)36(29-16-8-10-18-34(29)38-2)32-22-30-24(21-31(32)35)20-19-23-11-3-4-12-25(23)30/h3-22H,1-2H3. The fourth-order valence-electron chi connectivity index (χ4n) is 5.96. The van der Waals surface area contributed by atoms with Gasteiger partial charge in [-0.2, -0.15) is 0 Å². The summed E-state index contributed by atoms with van der Waals surface area (Å²) >= 11 is 0. The molecule has 0 aromatic heterocycles. The van der Waals surface area contributed by atoms with Gasteiger partial charge in [0.1, 0.15) is 11.5 Å². The topological polar surface area (TPSA) is 18.5 Å². The molecule has 0 radical (unpaired) electrons. The van der Waals surface area contributed by atoms with Crippen LogP contribution in [0.3, 0.4) is 0 Å². The van der Waals surface area contributed by atoms with Gasteiger partial charge in [0.05, 0.1) is 14.2 Å². The maximum atomic E-state index is 5.89. The number of rotatable bonds is 4. The molecule has 7 aromatic carbocycles. The summed E-state index contributed by atoms with van der Waals surface area (Å²) in [6.07, 6.45) is 0. The molecule has 0 aliphatic carbocycles. The quantitative estimate of drug-likeness (QED) is 0.181. The second-order valence-electron chi connectivity index (χ2n) is 9.60. The normalized spacial score (nSPS) is 11.4. The Hall–Kier alpha value is -4.82. The van der Waals surface area contributed by atoms with E-state index in [0.717, 1.165) is 22.6 Å². The molecule has 0 amide bonds. The number of hydrogen-bond donors (Lipinski definition) is 0. The second kappa shape index (κ2) is 8.93. The molecule has 0 bridgehead atoms. The second-order valence-corrected chi connectivity index (χ2v) is 9.60. The van der Waals surface area contributed by atoms with Crippen molar-refractivity contribution in [3.63, 3.8) is 0 Å². The highest BCUT2D eigenvalue weighted by Gasteiger charge is 2.21. The lowest BCUT2D eigenvalue weighted by atomic mass is 9.84. The highest BCUT2D eigenvalue weighted by atomic mass is 16.5. The van der Waals surface area contributed by atoms with Gasteiger partial charge in [0, 0.05) is 22.3 Å². The lowest BCUT2D eigenvalue weighted by Crippen LogP contribution is -1.95. The van der Waals surface area contributed by atoms with E-state index in [-0.39, 0.29) is 0 Å². The molecule has 2 heteroatoms. The minimum atomic E-state index is 0.863. The Morgan fingerprint density at radius 3 is 1.45 bits per heavy atom. The number of ether oxygens (including phenoxy) is 2. The molecule has 0 atom stereocenters. The summed E-state index contributed by atoms with van der Waals surface area (Å²) < 4.78 is 11.8. The lowest BCUT2D eigenvalue weighted by molar-refractivity contribution is 0.416. The fourth-order valence-corrected chi connectivity index (χ4v) is 5.96. The summed E-state index contributed by atoms with van der Waals surface area (Å²) in [5.41, 5.74) is 4.54. The van der Waals surface area contributed by atoms with Gasteiger partial charge < -0.3 is 9.47 Å². The van der Waals surface area contributed by atoms with Crippen molar-refractivity contribution in [2.45, 2.75) is 0 Å². The van der Waals surface area contributed by atoms with E-state index in [0.29, 0.717) is 0 Å². The molecular weight excluding hydrogens is 464 g/mol. The van der Waals surface area contributed by atoms with E-state index in [1.807, 2.05) is 24.3 Å². The van der Waals surface area contributed by atoms with Gasteiger partial charge in [-0.15, -0.1) is 0 Å². The molecular formula is C36H26O2. The van der Waals surface area contributed by atoms with Crippen LogP contribution in [0.15, 0.2) is 121 Å². The monoisotopic (exact) mass is 490 g/mol. The number of fused-ring (bicyclic) bond motifs is 5. The average Bonchev–Trinajstić information content (AvgIpc) is 2.99. The first-order valence-electron chi connectivity index (χ1n) is 12.8. The van der Waals surface area contributed by atoms with E-state index in [4.69, 9.17) is 9.47 Å². The van der Waals surface area contributed by atoms with Gasteiger partial charge in [-0.3, -0.25) is 0 Å². The molecule has 0 fully saturated rings. The van der Waals surface area contributed by atoms with Crippen LogP contribution in [-0.4, -0.2) is 14.2 Å². The molecule has 0 spiro atoms. The summed E-state index contributed by atoms with van der Waals surface area (Å²) in [7, 11) is 3.49. The van der Waals surface area contributed by atoms with Gasteiger partial charge >= 0.3 is 0 Å². The number of benzene rings is 7. The van der Waals surface area contributed by atoms with E-state index in [9.17, 15) is 0 Å². The molecule has 7 rings (SSSR count). The van der Waals surface area contributed by atoms with Crippen LogP contribution in [0.25, 0.3) is 65.3 Å². The van der Waals surface area contributed by atoms with Crippen molar-refractivity contribution in [3.8, 4) is 33.8 Å². The lowest BCUT2D eigenvalue weighted by Gasteiger charge is -2.21. The maximum absolute atomic E-state index is 5.89. The summed E-state index contributed by atoms with van der Waals surface area (Å²) in [6, 6.07) is 43.1. The van der Waals surface area contributed by atoms with E-state index in [2.05, 4.69) is 97.1 Å². The highest BCUT2D eigenvalue weighted by Crippen LogP contribution is 2.48. The van der Waals surface area contributed by atoms with Crippen molar-refractivity contribution in [1.29, 1.82) is 0 Å². The minimum absolute atomic E-state index is 0.863. The molecule has 0 saturated carbocycles. The Bertz CT molecular complexity index is 2000. The molecule has 182 valence electrons. The summed E-state index contributed by atoms with van der Waals surface area (Å²) in [6.45, 7) is 0. The van der Waals surface area contributed by atoms with Crippen LogP contribution < -0.4 is 9.47 Å². The molecule has 0 aliphatic heterocycles. The van der Waals surface area contributed by atoms with Gasteiger partial charge in [-0.1, -0.05) is 97.1 Å². The van der Waals surface area contributed by atoms with Crippen LogP contribution in [0, 0.1) is 0 Å². The zero-order chi connectivity index (χ0) is 25.6. The van der Waals surface area contributed by atoms with E-state index >= 15 is 0 Å². The first kappa shape index (κ1) is 22.4. The predicted octanol–water partition coefficient (Wildman–Crippen LogP) is 9.65. The largest absolute Gasteiger partial charge is 0.496 e. The van der Waals surface area contributed by atoms with Crippen LogP contribution >= 0.6 is 0 Å². The molecule has 0 saturated heterocycles. The molecule has 0 unspecified atom stereocenters. The number of methoxy groups -OCH3 is 2. The minimum Gasteiger partial charge on any atom is -0.496 e. The van der Waals surface area contributed by atoms with Crippen LogP contribution in [0.5, 0.6) is 11.5 Å². The van der Waals surface area contributed by atoms with Gasteiger partial charge in [-0.05, 0) is 67.4 Å². The first-order chi connectivity index (χ1) is 18.8. The van der Waals surface area contributed by atoms with Gasteiger partial charge in [0.2, 0.25) is 0 Å². The van der Waals surface area contributed by atoms with Crippen molar-refractivity contribution in [1.82, 2.24) is 0 Å². The van der Waals surface area contributed by atoms with E-state index < -0.39 is 0 Å². The summed E-state index contributed by atoms with van der Waals surface area (Å²) in [4.78, 5) is 0. The third kappa shape index (κ3) is 3.34. The van der Waals surface area contributed by atoms with Gasteiger partial charge in [0.15, 0.2) is 0 Å². The Morgan fingerprint density at radius 2 is 0.842 bits per heavy atom. The van der Waals surface area contributed by atoms with Crippen LogP contribution in [0.2, 0.25) is 0 Å². The summed E-state index contributed by atoms with van der Waals surface area (Å²) in [5.74, 6) is 1.73. The van der Waals surface area contributed by atoms with E-state index in [1.54, 1.807) is 14.2 Å². The van der Waals surface area contributed by atoms with Crippen molar-refractivity contribution >= 4 is 43.1 Å². The van der Waals surface area contributed by atoms with Crippen molar-refractivity contribution in [2.24, 2.45) is 0 Å². The van der Waals surface area contributed by atoms with Crippen molar-refractivity contribution in [2.75, 3.05) is 14.2 Å². The third-order valence-electron chi connectivity index (χ3n) is 7.64. The fraction of sp³-hybridized carbons (Fsp3) is 0.0556. The Labute approximate surface area is 221 Å². The first-order valence-corrected chi connectivity index (χ1v) is 12.8. The highest BCUT2D eigenvalue weighted by molar-refractivity contribution is 6.26. The molecule has 2 nitrogen and oxygen atoms in total. The molecule has 0 N–H and O–H groups in total. The average molecular weight is 491 g/mol. The predicted molar refractivity (Wildman–Crippen MR) is 160 cm³/mol.